The molecule has 4 rings (SSSR count). The molecule has 1 aliphatic heterocycles. The van der Waals surface area contributed by atoms with E-state index in [1.807, 2.05) is 24.3 Å². The normalized spacial score (nSPS) is 17.7. The van der Waals surface area contributed by atoms with Crippen LogP contribution in [0.3, 0.4) is 0 Å². The van der Waals surface area contributed by atoms with E-state index >= 15 is 0 Å². The van der Waals surface area contributed by atoms with Gasteiger partial charge in [-0.05, 0) is 31.0 Å². The van der Waals surface area contributed by atoms with Crippen LogP contribution < -0.4 is 10.2 Å². The smallest absolute Gasteiger partial charge is 0.225 e. The fraction of sp³-hybridized carbons (Fsp3) is 0.294. The molecule has 1 N–H and O–H groups in total. The minimum atomic E-state index is 0.415. The number of aromatic nitrogens is 4. The van der Waals surface area contributed by atoms with Crippen LogP contribution in [0.15, 0.2) is 48.2 Å². The van der Waals surface area contributed by atoms with Crippen molar-refractivity contribution < 1.29 is 0 Å². The molecule has 4 heterocycles. The summed E-state index contributed by atoms with van der Waals surface area (Å²) in [6.07, 6.45) is 7.64. The zero-order valence-corrected chi connectivity index (χ0v) is 14.0. The average molecular weight is 338 g/mol. The SMILES string of the molecule is c1ccc(Nc2nc([C@H]3CCCN(c4ncccn4)C3)cs2)nc1. The van der Waals surface area contributed by atoms with E-state index in [2.05, 4.69) is 30.5 Å². The van der Waals surface area contributed by atoms with E-state index in [4.69, 9.17) is 4.98 Å². The number of anilines is 3. The van der Waals surface area contributed by atoms with Gasteiger partial charge in [0.15, 0.2) is 5.13 Å². The highest BCUT2D eigenvalue weighted by molar-refractivity contribution is 7.13. The highest BCUT2D eigenvalue weighted by Crippen LogP contribution is 2.31. The Kier molecular flexibility index (Phi) is 4.33. The molecule has 0 unspecified atom stereocenters. The van der Waals surface area contributed by atoms with Crippen LogP contribution in [0.1, 0.15) is 24.5 Å². The maximum Gasteiger partial charge on any atom is 0.225 e. The van der Waals surface area contributed by atoms with Crippen molar-refractivity contribution in [1.29, 1.82) is 0 Å². The maximum absolute atomic E-state index is 4.76. The Morgan fingerprint density at radius 2 is 1.96 bits per heavy atom. The lowest BCUT2D eigenvalue weighted by Gasteiger charge is -2.31. The summed E-state index contributed by atoms with van der Waals surface area (Å²) in [5.41, 5.74) is 1.14. The molecule has 7 heteroatoms. The number of pyridine rings is 1. The predicted octanol–water partition coefficient (Wildman–Crippen LogP) is 3.46. The molecule has 1 aliphatic rings. The Morgan fingerprint density at radius 3 is 2.79 bits per heavy atom. The molecule has 0 bridgehead atoms. The van der Waals surface area contributed by atoms with E-state index in [0.717, 1.165) is 48.5 Å². The van der Waals surface area contributed by atoms with Gasteiger partial charge in [0.05, 0.1) is 5.69 Å². The fourth-order valence-electron chi connectivity index (χ4n) is 2.93. The minimum Gasteiger partial charge on any atom is -0.340 e. The van der Waals surface area contributed by atoms with Crippen LogP contribution >= 0.6 is 11.3 Å². The lowest BCUT2D eigenvalue weighted by Crippen LogP contribution is -2.35. The van der Waals surface area contributed by atoms with Gasteiger partial charge < -0.3 is 10.2 Å². The van der Waals surface area contributed by atoms with E-state index in [9.17, 15) is 0 Å². The van der Waals surface area contributed by atoms with Crippen LogP contribution in [0, 0.1) is 0 Å². The lowest BCUT2D eigenvalue weighted by molar-refractivity contribution is 0.497. The number of piperidine rings is 1. The Hall–Kier alpha value is -2.54. The molecular weight excluding hydrogens is 320 g/mol. The molecule has 6 nitrogen and oxygen atoms in total. The molecule has 0 spiro atoms. The Morgan fingerprint density at radius 1 is 1.08 bits per heavy atom. The minimum absolute atomic E-state index is 0.415. The fourth-order valence-corrected chi connectivity index (χ4v) is 3.73. The molecule has 122 valence electrons. The van der Waals surface area contributed by atoms with Gasteiger partial charge in [-0.25, -0.2) is 19.9 Å². The number of nitrogens with zero attached hydrogens (tertiary/aromatic N) is 5. The van der Waals surface area contributed by atoms with Crippen LogP contribution in [0.4, 0.5) is 16.9 Å². The van der Waals surface area contributed by atoms with Gasteiger partial charge in [0.25, 0.3) is 0 Å². The average Bonchev–Trinajstić information content (AvgIpc) is 3.12. The monoisotopic (exact) mass is 338 g/mol. The van der Waals surface area contributed by atoms with Crippen LogP contribution in [0.5, 0.6) is 0 Å². The number of hydrogen-bond donors (Lipinski definition) is 1. The topological polar surface area (TPSA) is 66.8 Å². The summed E-state index contributed by atoms with van der Waals surface area (Å²) in [4.78, 5) is 20.0. The van der Waals surface area contributed by atoms with Gasteiger partial charge >= 0.3 is 0 Å². The van der Waals surface area contributed by atoms with Crippen molar-refractivity contribution in [3.8, 4) is 0 Å². The Labute approximate surface area is 144 Å². The first kappa shape index (κ1) is 15.0. The molecule has 1 fully saturated rings. The van der Waals surface area contributed by atoms with Gasteiger partial charge in [-0.15, -0.1) is 11.3 Å². The summed E-state index contributed by atoms with van der Waals surface area (Å²) < 4.78 is 0. The number of thiazole rings is 1. The van der Waals surface area contributed by atoms with E-state index in [0.29, 0.717) is 5.92 Å². The molecule has 3 aromatic heterocycles. The predicted molar refractivity (Wildman–Crippen MR) is 95.9 cm³/mol. The zero-order valence-electron chi connectivity index (χ0n) is 13.2. The molecule has 0 amide bonds. The summed E-state index contributed by atoms with van der Waals surface area (Å²) in [7, 11) is 0. The third-order valence-electron chi connectivity index (χ3n) is 4.10. The summed E-state index contributed by atoms with van der Waals surface area (Å²) >= 11 is 1.62. The largest absolute Gasteiger partial charge is 0.340 e. The van der Waals surface area contributed by atoms with Crippen LogP contribution in [0.2, 0.25) is 0 Å². The first-order chi connectivity index (χ1) is 11.9. The third-order valence-corrected chi connectivity index (χ3v) is 4.87. The van der Waals surface area contributed by atoms with E-state index in [1.165, 1.54) is 0 Å². The molecule has 0 radical (unpaired) electrons. The second kappa shape index (κ2) is 6.92. The van der Waals surface area contributed by atoms with Gasteiger partial charge in [-0.3, -0.25) is 0 Å². The molecule has 0 aromatic carbocycles. The molecule has 0 aliphatic carbocycles. The van der Waals surface area contributed by atoms with Gasteiger partial charge in [-0.2, -0.15) is 0 Å². The van der Waals surface area contributed by atoms with Crippen molar-refractivity contribution in [3.63, 3.8) is 0 Å². The second-order valence-corrected chi connectivity index (χ2v) is 6.61. The van der Waals surface area contributed by atoms with Crippen LogP contribution in [0.25, 0.3) is 0 Å². The number of rotatable bonds is 4. The third kappa shape index (κ3) is 3.35. The Bertz CT molecular complexity index is 776. The highest BCUT2D eigenvalue weighted by atomic mass is 32.1. The number of hydrogen-bond acceptors (Lipinski definition) is 7. The standard InChI is InChI=1S/C17H18N6S/c1-2-7-18-15(6-1)22-17-21-14(12-24-17)13-5-3-10-23(11-13)16-19-8-4-9-20-16/h1-2,4,6-9,12-13H,3,5,10-11H2,(H,18,21,22)/t13-/m0/s1. The quantitative estimate of drug-likeness (QED) is 0.786. The van der Waals surface area contributed by atoms with E-state index < -0.39 is 0 Å². The van der Waals surface area contributed by atoms with Gasteiger partial charge in [0.2, 0.25) is 5.95 Å². The van der Waals surface area contributed by atoms with Gasteiger partial charge in [0.1, 0.15) is 5.82 Å². The van der Waals surface area contributed by atoms with Crippen molar-refractivity contribution >= 4 is 28.2 Å². The van der Waals surface area contributed by atoms with Gasteiger partial charge in [0, 0.05) is 43.0 Å². The van der Waals surface area contributed by atoms with Crippen molar-refractivity contribution in [2.75, 3.05) is 23.3 Å². The van der Waals surface area contributed by atoms with E-state index in [1.54, 1.807) is 29.9 Å². The van der Waals surface area contributed by atoms with Crippen molar-refractivity contribution in [2.24, 2.45) is 0 Å². The van der Waals surface area contributed by atoms with E-state index in [-0.39, 0.29) is 0 Å². The van der Waals surface area contributed by atoms with Crippen LogP contribution in [-0.2, 0) is 0 Å². The lowest BCUT2D eigenvalue weighted by atomic mass is 9.96. The molecular formula is C17H18N6S. The van der Waals surface area contributed by atoms with Crippen LogP contribution in [-0.4, -0.2) is 33.0 Å². The second-order valence-electron chi connectivity index (χ2n) is 5.75. The first-order valence-corrected chi connectivity index (χ1v) is 8.92. The van der Waals surface area contributed by atoms with Crippen molar-refractivity contribution in [3.05, 3.63) is 53.9 Å². The summed E-state index contributed by atoms with van der Waals surface area (Å²) in [5, 5.41) is 6.29. The van der Waals surface area contributed by atoms with Crippen molar-refractivity contribution in [2.45, 2.75) is 18.8 Å². The molecule has 0 saturated carbocycles. The first-order valence-electron chi connectivity index (χ1n) is 8.04. The summed E-state index contributed by atoms with van der Waals surface area (Å²) in [6, 6.07) is 7.65. The molecule has 3 aromatic rings. The van der Waals surface area contributed by atoms with Gasteiger partial charge in [-0.1, -0.05) is 6.07 Å². The Balaban J connectivity index is 1.46. The van der Waals surface area contributed by atoms with Crippen molar-refractivity contribution in [1.82, 2.24) is 19.9 Å². The zero-order chi connectivity index (χ0) is 16.2. The summed E-state index contributed by atoms with van der Waals surface area (Å²) in [6.45, 7) is 1.92. The molecule has 1 saturated heterocycles. The summed E-state index contributed by atoms with van der Waals surface area (Å²) in [5.74, 6) is 2.05. The maximum atomic E-state index is 4.76. The number of nitrogens with one attached hydrogen (secondary N) is 1. The molecule has 1 atom stereocenters. The highest BCUT2D eigenvalue weighted by Gasteiger charge is 2.24. The molecule has 24 heavy (non-hydrogen) atoms.